The Bertz CT molecular complexity index is 3680. The fourth-order valence-corrected chi connectivity index (χ4v) is 11.0. The number of rotatable bonds is 6. The van der Waals surface area contributed by atoms with Gasteiger partial charge < -0.3 is 9.55 Å². The van der Waals surface area contributed by atoms with Gasteiger partial charge in [-0.3, -0.25) is 4.98 Å². The Kier molecular flexibility index (Phi) is 11.5. The van der Waals surface area contributed by atoms with Crippen LogP contribution in [0.15, 0.2) is 194 Å². The molecule has 3 aromatic heterocycles. The molecule has 1 aliphatic rings. The predicted octanol–water partition coefficient (Wildman–Crippen LogP) is 17.5. The van der Waals surface area contributed by atoms with Gasteiger partial charge in [-0.2, -0.15) is 11.3 Å². The zero-order chi connectivity index (χ0) is 48.1. The minimum absolute atomic E-state index is 0. The molecule has 3 nitrogen and oxygen atoms in total. The van der Waals surface area contributed by atoms with E-state index in [-0.39, 0.29) is 37.5 Å². The molecule has 12 rings (SSSR count). The first-order chi connectivity index (χ1) is 34.0. The molecule has 0 aliphatic heterocycles. The third kappa shape index (κ3) is 8.05. The molecule has 1 radical (unpaired) electrons. The third-order valence-corrected chi connectivity index (χ3v) is 14.1. The summed E-state index contributed by atoms with van der Waals surface area (Å²) in [6, 6.07) is 72.8. The van der Waals surface area contributed by atoms with Gasteiger partial charge in [0.05, 0.1) is 16.9 Å². The SMILES string of the molecule is CC(C)c1cc(-c2ccccc2)cc(C(C)C)c1-n1c(-c2[c-]ccc3c4c(sc23)-c2ccccc2-c2ccccc2-c2ccccc2-4)nc2ccccc21.[2H]C([2H])([2H])c1ccc(-c2[c-]cccc2)nc1.[Ir]. The van der Waals surface area contributed by atoms with E-state index in [9.17, 15) is 0 Å². The van der Waals surface area contributed by atoms with Gasteiger partial charge in [0.15, 0.2) is 0 Å². The van der Waals surface area contributed by atoms with Crippen molar-refractivity contribution >= 4 is 32.5 Å². The zero-order valence-corrected chi connectivity index (χ0v) is 41.4. The number of thiophene rings is 1. The standard InChI is InChI=1S/C51H39N2S.C12H10N.Ir/c1-31(2)43-29-34(33-17-6-5-7-18-33)30-44(32(3)4)48(43)53-46-28-15-14-27-45(46)52-51(53)42-26-16-25-41-47-39-23-12-10-21-37(39)35-19-8-9-20-36(35)38-22-11-13-24-40(38)50(47)54-49(41)42;1-10-7-8-12(13-9-10)11-5-3-2-4-6-11;/h5-25,27-32H,1-4H3;2-5,7-9H,1H3;/q2*-1;/i;1D3;. The summed E-state index contributed by atoms with van der Waals surface area (Å²) < 4.78 is 25.4. The summed E-state index contributed by atoms with van der Waals surface area (Å²) in [5.74, 6) is 1.49. The largest absolute Gasteiger partial charge is 0.333 e. The minimum Gasteiger partial charge on any atom is -0.333 e. The molecule has 0 bridgehead atoms. The normalized spacial score (nSPS) is 12.3. The van der Waals surface area contributed by atoms with Crippen LogP contribution in [0.5, 0.6) is 0 Å². The van der Waals surface area contributed by atoms with Crippen molar-refractivity contribution in [1.29, 1.82) is 0 Å². The number of nitrogens with zero attached hydrogens (tertiary/aromatic N) is 3. The summed E-state index contributed by atoms with van der Waals surface area (Å²) in [6.45, 7) is 7.17. The van der Waals surface area contributed by atoms with Crippen LogP contribution < -0.4 is 0 Å². The molecule has 5 heteroatoms. The molecule has 0 saturated heterocycles. The van der Waals surface area contributed by atoms with E-state index in [1.54, 1.807) is 18.2 Å². The molecular formula is C63H49IrN3S-2. The number of hydrogen-bond donors (Lipinski definition) is 0. The van der Waals surface area contributed by atoms with Gasteiger partial charge in [-0.05, 0) is 120 Å². The van der Waals surface area contributed by atoms with E-state index in [2.05, 4.69) is 201 Å². The molecular weight excluding hydrogens is 1020 g/mol. The summed E-state index contributed by atoms with van der Waals surface area (Å²) in [7, 11) is 0. The van der Waals surface area contributed by atoms with Crippen molar-refractivity contribution in [2.75, 3.05) is 0 Å². The number of aryl methyl sites for hydroxylation is 1. The van der Waals surface area contributed by atoms with E-state index < -0.39 is 6.85 Å². The van der Waals surface area contributed by atoms with Crippen LogP contribution in [0, 0.1) is 19.0 Å². The predicted molar refractivity (Wildman–Crippen MR) is 283 cm³/mol. The molecule has 0 saturated carbocycles. The van der Waals surface area contributed by atoms with Crippen molar-refractivity contribution in [3.63, 3.8) is 0 Å². The number of hydrogen-bond acceptors (Lipinski definition) is 3. The summed E-state index contributed by atoms with van der Waals surface area (Å²) >= 11 is 1.87. The average Bonchev–Trinajstić information content (AvgIpc) is 3.97. The average molecular weight is 1080 g/mol. The maximum Gasteiger partial charge on any atom is 0.0774 e. The van der Waals surface area contributed by atoms with Gasteiger partial charge in [-0.25, -0.2) is 0 Å². The Morgan fingerprint density at radius 2 is 1.18 bits per heavy atom. The van der Waals surface area contributed by atoms with E-state index in [1.165, 1.54) is 88.0 Å². The minimum atomic E-state index is -2.09. The molecule has 0 amide bonds. The Morgan fingerprint density at radius 3 is 1.81 bits per heavy atom. The number of aromatic nitrogens is 3. The Morgan fingerprint density at radius 1 is 0.574 bits per heavy atom. The van der Waals surface area contributed by atoms with E-state index >= 15 is 0 Å². The second-order valence-electron chi connectivity index (χ2n) is 17.7. The van der Waals surface area contributed by atoms with E-state index in [1.807, 2.05) is 29.5 Å². The van der Waals surface area contributed by atoms with Crippen molar-refractivity contribution in [1.82, 2.24) is 14.5 Å². The van der Waals surface area contributed by atoms with Crippen molar-refractivity contribution in [2.45, 2.75) is 46.4 Å². The van der Waals surface area contributed by atoms with Crippen LogP contribution in [0.3, 0.4) is 0 Å². The monoisotopic (exact) mass is 1080 g/mol. The van der Waals surface area contributed by atoms with Gasteiger partial charge in [-0.1, -0.05) is 166 Å². The molecule has 3 heterocycles. The first kappa shape index (κ1) is 41.2. The number of para-hydroxylation sites is 2. The molecule has 0 N–H and O–H groups in total. The summed E-state index contributed by atoms with van der Waals surface area (Å²) in [5.41, 5.74) is 20.2. The topological polar surface area (TPSA) is 30.7 Å². The third-order valence-electron chi connectivity index (χ3n) is 12.8. The molecule has 11 aromatic rings. The van der Waals surface area contributed by atoms with Crippen LogP contribution in [-0.4, -0.2) is 14.5 Å². The van der Waals surface area contributed by atoms with Crippen molar-refractivity contribution in [2.24, 2.45) is 0 Å². The second-order valence-corrected chi connectivity index (χ2v) is 18.7. The quantitative estimate of drug-likeness (QED) is 0.155. The summed E-state index contributed by atoms with van der Waals surface area (Å²) in [5, 5.41) is 1.23. The number of imidazole rings is 1. The molecule has 0 atom stereocenters. The van der Waals surface area contributed by atoms with Crippen LogP contribution >= 0.6 is 11.3 Å². The maximum atomic E-state index is 7.23. The van der Waals surface area contributed by atoms with Gasteiger partial charge in [0.2, 0.25) is 0 Å². The second kappa shape index (κ2) is 18.9. The van der Waals surface area contributed by atoms with Gasteiger partial charge in [0.1, 0.15) is 0 Å². The Hall–Kier alpha value is -7.01. The van der Waals surface area contributed by atoms with E-state index in [0.717, 1.165) is 33.7 Å². The van der Waals surface area contributed by atoms with Crippen LogP contribution in [0.25, 0.3) is 104 Å². The first-order valence-corrected chi connectivity index (χ1v) is 23.8. The Balaban J connectivity index is 0.000000292. The van der Waals surface area contributed by atoms with Gasteiger partial charge in [-0.15, -0.1) is 54.1 Å². The fourth-order valence-electron chi connectivity index (χ4n) is 9.63. The molecule has 68 heavy (non-hydrogen) atoms. The van der Waals surface area contributed by atoms with Crippen LogP contribution in [0.4, 0.5) is 0 Å². The van der Waals surface area contributed by atoms with Crippen molar-refractivity contribution in [3.05, 3.63) is 223 Å². The Labute approximate surface area is 421 Å². The van der Waals surface area contributed by atoms with Gasteiger partial charge >= 0.3 is 0 Å². The smallest absolute Gasteiger partial charge is 0.0774 e. The van der Waals surface area contributed by atoms with Crippen molar-refractivity contribution < 1.29 is 24.2 Å². The summed E-state index contributed by atoms with van der Waals surface area (Å²) in [6.07, 6.45) is 1.39. The molecule has 0 unspecified atom stereocenters. The number of benzene rings is 8. The number of pyridine rings is 1. The van der Waals surface area contributed by atoms with E-state index in [4.69, 9.17) is 9.10 Å². The maximum absolute atomic E-state index is 7.23. The van der Waals surface area contributed by atoms with Crippen LogP contribution in [0.2, 0.25) is 0 Å². The fraction of sp³-hybridized carbons (Fsp3) is 0.111. The molecule has 0 spiro atoms. The van der Waals surface area contributed by atoms with Gasteiger partial charge in [0, 0.05) is 41.0 Å². The first-order valence-electron chi connectivity index (χ1n) is 24.5. The van der Waals surface area contributed by atoms with E-state index in [0.29, 0.717) is 0 Å². The van der Waals surface area contributed by atoms with Crippen LogP contribution in [0.1, 0.15) is 60.3 Å². The van der Waals surface area contributed by atoms with Gasteiger partial charge in [0.25, 0.3) is 0 Å². The summed E-state index contributed by atoms with van der Waals surface area (Å²) in [4.78, 5) is 10.9. The molecule has 0 fully saturated rings. The molecule has 1 aliphatic carbocycles. The number of fused-ring (bicyclic) bond motifs is 11. The van der Waals surface area contributed by atoms with Crippen molar-refractivity contribution in [3.8, 4) is 83.3 Å². The zero-order valence-electron chi connectivity index (χ0n) is 41.2. The molecule has 333 valence electrons. The van der Waals surface area contributed by atoms with Crippen LogP contribution in [-0.2, 0) is 20.1 Å². The molecule has 8 aromatic carbocycles.